The van der Waals surface area contributed by atoms with E-state index in [0.29, 0.717) is 19.6 Å². The van der Waals surface area contributed by atoms with Gasteiger partial charge in [-0.2, -0.15) is 4.31 Å². The van der Waals surface area contributed by atoms with Crippen LogP contribution in [0.4, 0.5) is 0 Å². The fourth-order valence-corrected chi connectivity index (χ4v) is 3.64. The Balaban J connectivity index is 2.11. The Bertz CT molecular complexity index is 593. The normalized spacial score (nSPS) is 19.6. The van der Waals surface area contributed by atoms with Crippen LogP contribution in [0, 0.1) is 13.8 Å². The molecule has 1 aliphatic rings. The number of hydrogen-bond donors (Lipinski definition) is 1. The SMILES string of the molecule is Cc1ccc(C(CN)N2CCN(S(C)(=O)=O)CC2)cc1C. The van der Waals surface area contributed by atoms with Gasteiger partial charge in [0, 0.05) is 38.8 Å². The third-order valence-corrected chi connectivity index (χ3v) is 5.63. The van der Waals surface area contributed by atoms with Gasteiger partial charge in [-0.3, -0.25) is 4.90 Å². The summed E-state index contributed by atoms with van der Waals surface area (Å²) in [4.78, 5) is 2.28. The van der Waals surface area contributed by atoms with Crippen LogP contribution in [0.1, 0.15) is 22.7 Å². The molecule has 0 amide bonds. The smallest absolute Gasteiger partial charge is 0.211 e. The molecule has 0 radical (unpaired) electrons. The lowest BCUT2D eigenvalue weighted by Crippen LogP contribution is -2.50. The molecule has 118 valence electrons. The van der Waals surface area contributed by atoms with Crippen molar-refractivity contribution in [1.29, 1.82) is 0 Å². The lowest BCUT2D eigenvalue weighted by Gasteiger charge is -2.38. The molecule has 0 saturated carbocycles. The predicted molar refractivity (Wildman–Crippen MR) is 85.7 cm³/mol. The molecule has 0 bridgehead atoms. The van der Waals surface area contributed by atoms with Crippen LogP contribution in [0.15, 0.2) is 18.2 Å². The largest absolute Gasteiger partial charge is 0.329 e. The molecule has 1 unspecified atom stereocenters. The summed E-state index contributed by atoms with van der Waals surface area (Å²) in [5.41, 5.74) is 9.73. The maximum absolute atomic E-state index is 11.6. The van der Waals surface area contributed by atoms with Gasteiger partial charge in [0.25, 0.3) is 0 Å². The minimum absolute atomic E-state index is 0.158. The van der Waals surface area contributed by atoms with Crippen LogP contribution < -0.4 is 5.73 Å². The van der Waals surface area contributed by atoms with Gasteiger partial charge in [-0.05, 0) is 30.5 Å². The third-order valence-electron chi connectivity index (χ3n) is 4.32. The Morgan fingerprint density at radius 1 is 1.14 bits per heavy atom. The molecule has 1 fully saturated rings. The molecule has 0 aromatic heterocycles. The second-order valence-corrected chi connectivity index (χ2v) is 7.78. The van der Waals surface area contributed by atoms with Crippen LogP contribution in [0.2, 0.25) is 0 Å². The molecule has 1 aliphatic heterocycles. The quantitative estimate of drug-likeness (QED) is 0.896. The van der Waals surface area contributed by atoms with Gasteiger partial charge < -0.3 is 5.73 Å². The highest BCUT2D eigenvalue weighted by atomic mass is 32.2. The number of sulfonamides is 1. The van der Waals surface area contributed by atoms with Crippen molar-refractivity contribution in [2.24, 2.45) is 5.73 Å². The lowest BCUT2D eigenvalue weighted by atomic mass is 9.99. The van der Waals surface area contributed by atoms with Crippen molar-refractivity contribution in [1.82, 2.24) is 9.21 Å². The summed E-state index contributed by atoms with van der Waals surface area (Å²) in [7, 11) is -3.08. The van der Waals surface area contributed by atoms with Crippen molar-refractivity contribution in [3.63, 3.8) is 0 Å². The molecule has 0 spiro atoms. The van der Waals surface area contributed by atoms with Crippen molar-refractivity contribution in [3.8, 4) is 0 Å². The van der Waals surface area contributed by atoms with E-state index in [9.17, 15) is 8.42 Å². The van der Waals surface area contributed by atoms with E-state index in [-0.39, 0.29) is 6.04 Å². The number of rotatable bonds is 4. The average Bonchev–Trinajstić information content (AvgIpc) is 2.43. The first-order valence-corrected chi connectivity index (χ1v) is 9.14. The van der Waals surface area contributed by atoms with Crippen LogP contribution in [0.3, 0.4) is 0 Å². The zero-order chi connectivity index (χ0) is 15.6. The topological polar surface area (TPSA) is 66.6 Å². The summed E-state index contributed by atoms with van der Waals surface area (Å²) in [6.07, 6.45) is 1.27. The molecule has 5 nitrogen and oxygen atoms in total. The van der Waals surface area contributed by atoms with Gasteiger partial charge in [-0.25, -0.2) is 8.42 Å². The Kier molecular flexibility index (Phi) is 5.03. The fraction of sp³-hybridized carbons (Fsp3) is 0.600. The van der Waals surface area contributed by atoms with Gasteiger partial charge in [0.1, 0.15) is 0 Å². The molecule has 2 N–H and O–H groups in total. The van der Waals surface area contributed by atoms with Crippen LogP contribution in [-0.4, -0.2) is 56.6 Å². The van der Waals surface area contributed by atoms with Crippen LogP contribution in [0.5, 0.6) is 0 Å². The van der Waals surface area contributed by atoms with Gasteiger partial charge in [-0.15, -0.1) is 0 Å². The van der Waals surface area contributed by atoms with Crippen molar-refractivity contribution in [2.75, 3.05) is 39.0 Å². The first kappa shape index (κ1) is 16.4. The zero-order valence-corrected chi connectivity index (χ0v) is 13.9. The van der Waals surface area contributed by atoms with Crippen LogP contribution in [0.25, 0.3) is 0 Å². The second-order valence-electron chi connectivity index (χ2n) is 5.79. The highest BCUT2D eigenvalue weighted by Crippen LogP contribution is 2.23. The van der Waals surface area contributed by atoms with E-state index >= 15 is 0 Å². The Morgan fingerprint density at radius 2 is 1.76 bits per heavy atom. The molecule has 2 rings (SSSR count). The van der Waals surface area contributed by atoms with E-state index in [1.54, 1.807) is 0 Å². The van der Waals surface area contributed by atoms with E-state index in [2.05, 4.69) is 36.9 Å². The summed E-state index contributed by atoms with van der Waals surface area (Å²) in [6.45, 7) is 7.28. The van der Waals surface area contributed by atoms with Crippen molar-refractivity contribution in [2.45, 2.75) is 19.9 Å². The number of piperazine rings is 1. The summed E-state index contributed by atoms with van der Waals surface area (Å²) in [5.74, 6) is 0. The number of hydrogen-bond acceptors (Lipinski definition) is 4. The Morgan fingerprint density at radius 3 is 2.24 bits per heavy atom. The van der Waals surface area contributed by atoms with Gasteiger partial charge in [0.2, 0.25) is 10.0 Å². The molecule has 1 aromatic rings. The first-order chi connectivity index (χ1) is 9.82. The summed E-state index contributed by atoms with van der Waals surface area (Å²) >= 11 is 0. The molecule has 6 heteroatoms. The molecule has 1 heterocycles. The van der Waals surface area contributed by atoms with E-state index in [4.69, 9.17) is 5.73 Å². The van der Waals surface area contributed by atoms with Gasteiger partial charge in [0.05, 0.1) is 6.26 Å². The van der Waals surface area contributed by atoms with E-state index in [1.165, 1.54) is 27.3 Å². The van der Waals surface area contributed by atoms with Gasteiger partial charge in [0.15, 0.2) is 0 Å². The molecular formula is C15H25N3O2S. The Labute approximate surface area is 127 Å². The standard InChI is InChI=1S/C15H25N3O2S/c1-12-4-5-14(10-13(12)2)15(11-16)17-6-8-18(9-7-17)21(3,19)20/h4-5,10,15H,6-9,11,16H2,1-3H3. The minimum atomic E-state index is -3.08. The lowest BCUT2D eigenvalue weighted by molar-refractivity contribution is 0.140. The van der Waals surface area contributed by atoms with Gasteiger partial charge >= 0.3 is 0 Å². The molecule has 21 heavy (non-hydrogen) atoms. The third kappa shape index (κ3) is 3.83. The summed E-state index contributed by atoms with van der Waals surface area (Å²) in [6, 6.07) is 6.60. The first-order valence-electron chi connectivity index (χ1n) is 7.29. The predicted octanol–water partition coefficient (Wildman–Crippen LogP) is 0.880. The number of benzene rings is 1. The highest BCUT2D eigenvalue weighted by Gasteiger charge is 2.27. The van der Waals surface area contributed by atoms with Crippen LogP contribution >= 0.6 is 0 Å². The molecule has 1 aromatic carbocycles. The summed E-state index contributed by atoms with van der Waals surface area (Å²) in [5, 5.41) is 0. The molecule has 1 atom stereocenters. The zero-order valence-electron chi connectivity index (χ0n) is 13.0. The maximum atomic E-state index is 11.6. The number of aryl methyl sites for hydroxylation is 2. The highest BCUT2D eigenvalue weighted by molar-refractivity contribution is 7.88. The van der Waals surface area contributed by atoms with Crippen molar-refractivity contribution in [3.05, 3.63) is 34.9 Å². The van der Waals surface area contributed by atoms with Crippen molar-refractivity contribution >= 4 is 10.0 Å². The molecule has 0 aliphatic carbocycles. The molecular weight excluding hydrogens is 286 g/mol. The van der Waals surface area contributed by atoms with Gasteiger partial charge in [-0.1, -0.05) is 18.2 Å². The summed E-state index contributed by atoms with van der Waals surface area (Å²) < 4.78 is 24.7. The van der Waals surface area contributed by atoms with Crippen molar-refractivity contribution < 1.29 is 8.42 Å². The van der Waals surface area contributed by atoms with Crippen LogP contribution in [-0.2, 0) is 10.0 Å². The fourth-order valence-electron chi connectivity index (χ4n) is 2.81. The monoisotopic (exact) mass is 311 g/mol. The number of nitrogens with zero attached hydrogens (tertiary/aromatic N) is 2. The number of nitrogens with two attached hydrogens (primary N) is 1. The van der Waals surface area contributed by atoms with E-state index in [1.807, 2.05) is 0 Å². The maximum Gasteiger partial charge on any atom is 0.211 e. The van der Waals surface area contributed by atoms with E-state index < -0.39 is 10.0 Å². The van der Waals surface area contributed by atoms with E-state index in [0.717, 1.165) is 13.1 Å². The average molecular weight is 311 g/mol. The molecule has 1 saturated heterocycles. The Hall–Kier alpha value is -0.950. The minimum Gasteiger partial charge on any atom is -0.329 e. The second kappa shape index (κ2) is 6.44.